The van der Waals surface area contributed by atoms with Crippen molar-refractivity contribution in [3.8, 4) is 0 Å². The molecule has 13 heavy (non-hydrogen) atoms. The molecule has 0 spiro atoms. The summed E-state index contributed by atoms with van der Waals surface area (Å²) in [6, 6.07) is 0. The van der Waals surface area contributed by atoms with Gasteiger partial charge in [0.2, 0.25) is 0 Å². The zero-order chi connectivity index (χ0) is 10.3. The van der Waals surface area contributed by atoms with E-state index in [0.29, 0.717) is 6.42 Å². The number of unbranched alkanes of at least 4 members (excludes halogenated alkanes) is 1. The van der Waals surface area contributed by atoms with Gasteiger partial charge >= 0.3 is 0 Å². The molecule has 0 bridgehead atoms. The van der Waals surface area contributed by atoms with Crippen molar-refractivity contribution < 1.29 is 4.79 Å². The van der Waals surface area contributed by atoms with Crippen LogP contribution in [0.15, 0.2) is 12.2 Å². The van der Waals surface area contributed by atoms with Crippen LogP contribution in [0.25, 0.3) is 0 Å². The van der Waals surface area contributed by atoms with Gasteiger partial charge in [0.15, 0.2) is 5.78 Å². The average Bonchev–Trinajstić information content (AvgIpc) is 2.00. The lowest BCUT2D eigenvalue weighted by Crippen LogP contribution is -2.07. The molecule has 0 N–H and O–H groups in total. The van der Waals surface area contributed by atoms with Crippen molar-refractivity contribution in [2.24, 2.45) is 5.41 Å². The van der Waals surface area contributed by atoms with Crippen LogP contribution in [0.2, 0.25) is 0 Å². The summed E-state index contributed by atoms with van der Waals surface area (Å²) in [4.78, 5) is 11.3. The molecule has 0 amide bonds. The van der Waals surface area contributed by atoms with E-state index in [9.17, 15) is 4.79 Å². The lowest BCUT2D eigenvalue weighted by atomic mass is 9.89. The highest BCUT2D eigenvalue weighted by Gasteiger charge is 2.11. The monoisotopic (exact) mass is 182 g/mol. The summed E-state index contributed by atoms with van der Waals surface area (Å²) in [7, 11) is 0. The molecule has 76 valence electrons. The van der Waals surface area contributed by atoms with E-state index in [0.717, 1.165) is 19.3 Å². The van der Waals surface area contributed by atoms with Crippen LogP contribution in [-0.4, -0.2) is 5.78 Å². The number of ketones is 1. The van der Waals surface area contributed by atoms with E-state index in [1.165, 1.54) is 0 Å². The predicted octanol–water partition coefficient (Wildman–Crippen LogP) is 3.74. The first-order valence-electron chi connectivity index (χ1n) is 5.15. The van der Waals surface area contributed by atoms with Crippen LogP contribution < -0.4 is 0 Å². The molecule has 1 nitrogen and oxygen atoms in total. The Morgan fingerprint density at radius 3 is 2.38 bits per heavy atom. The minimum atomic E-state index is 0.267. The van der Waals surface area contributed by atoms with Crippen LogP contribution in [0.3, 0.4) is 0 Å². The van der Waals surface area contributed by atoms with Gasteiger partial charge in [0.05, 0.1) is 0 Å². The minimum absolute atomic E-state index is 0.267. The highest BCUT2D eigenvalue weighted by Crippen LogP contribution is 2.20. The maximum absolute atomic E-state index is 11.3. The molecule has 0 fully saturated rings. The van der Waals surface area contributed by atoms with E-state index in [1.54, 1.807) is 6.08 Å². The van der Waals surface area contributed by atoms with Crippen LogP contribution in [0.4, 0.5) is 0 Å². The van der Waals surface area contributed by atoms with E-state index in [-0.39, 0.29) is 11.2 Å². The third-order valence-electron chi connectivity index (χ3n) is 1.88. The van der Waals surface area contributed by atoms with Gasteiger partial charge in [-0.15, -0.1) is 0 Å². The second kappa shape index (κ2) is 5.95. The maximum Gasteiger partial charge on any atom is 0.155 e. The molecule has 0 aromatic rings. The average molecular weight is 182 g/mol. The van der Waals surface area contributed by atoms with Crippen molar-refractivity contribution in [2.75, 3.05) is 0 Å². The topological polar surface area (TPSA) is 17.1 Å². The Labute approximate surface area is 82.2 Å². The van der Waals surface area contributed by atoms with Crippen LogP contribution in [-0.2, 0) is 4.79 Å². The number of rotatable bonds is 5. The predicted molar refractivity (Wildman–Crippen MR) is 57.7 cm³/mol. The lowest BCUT2D eigenvalue weighted by Gasteiger charge is -2.16. The summed E-state index contributed by atoms with van der Waals surface area (Å²) in [5.74, 6) is 0.267. The first-order chi connectivity index (χ1) is 5.95. The summed E-state index contributed by atoms with van der Waals surface area (Å²) < 4.78 is 0. The standard InChI is InChI=1S/C12H22O/c1-5-6-7-8-11(13)9-10-12(2,3)4/h7-8H,5-6,9-10H2,1-4H3. The molecule has 0 aromatic carbocycles. The fraction of sp³-hybridized carbons (Fsp3) is 0.750. The molecular formula is C12H22O. The van der Waals surface area contributed by atoms with E-state index in [4.69, 9.17) is 0 Å². The van der Waals surface area contributed by atoms with E-state index in [2.05, 4.69) is 27.7 Å². The number of hydrogen-bond acceptors (Lipinski definition) is 1. The molecule has 0 aliphatic heterocycles. The highest BCUT2D eigenvalue weighted by molar-refractivity contribution is 5.89. The van der Waals surface area contributed by atoms with Crippen molar-refractivity contribution in [3.63, 3.8) is 0 Å². The van der Waals surface area contributed by atoms with E-state index < -0.39 is 0 Å². The Morgan fingerprint density at radius 1 is 1.31 bits per heavy atom. The van der Waals surface area contributed by atoms with E-state index >= 15 is 0 Å². The SMILES string of the molecule is CCCC=CC(=O)CCC(C)(C)C. The first kappa shape index (κ1) is 12.4. The molecule has 0 aromatic heterocycles. The Hall–Kier alpha value is -0.590. The molecular weight excluding hydrogens is 160 g/mol. The maximum atomic E-state index is 11.3. The number of carbonyl (C=O) groups is 1. The fourth-order valence-corrected chi connectivity index (χ4v) is 0.963. The third-order valence-corrected chi connectivity index (χ3v) is 1.88. The Kier molecular flexibility index (Phi) is 5.68. The van der Waals surface area contributed by atoms with Gasteiger partial charge in [-0.3, -0.25) is 4.79 Å². The largest absolute Gasteiger partial charge is 0.295 e. The zero-order valence-electron chi connectivity index (χ0n) is 9.39. The van der Waals surface area contributed by atoms with E-state index in [1.807, 2.05) is 6.08 Å². The molecule has 0 unspecified atom stereocenters. The van der Waals surface area contributed by atoms with Gasteiger partial charge in [-0.25, -0.2) is 0 Å². The van der Waals surface area contributed by atoms with Crippen molar-refractivity contribution in [2.45, 2.75) is 53.4 Å². The highest BCUT2D eigenvalue weighted by atomic mass is 16.1. The lowest BCUT2D eigenvalue weighted by molar-refractivity contribution is -0.115. The summed E-state index contributed by atoms with van der Waals surface area (Å²) in [6.07, 6.45) is 7.50. The molecule has 0 saturated heterocycles. The second-order valence-electron chi connectivity index (χ2n) is 4.72. The van der Waals surface area contributed by atoms with Crippen LogP contribution in [0.5, 0.6) is 0 Å². The van der Waals surface area contributed by atoms with Crippen molar-refractivity contribution >= 4 is 5.78 Å². The smallest absolute Gasteiger partial charge is 0.155 e. The van der Waals surface area contributed by atoms with Crippen LogP contribution in [0, 0.1) is 5.41 Å². The fourth-order valence-electron chi connectivity index (χ4n) is 0.963. The first-order valence-corrected chi connectivity index (χ1v) is 5.15. The van der Waals surface area contributed by atoms with Crippen LogP contribution >= 0.6 is 0 Å². The Morgan fingerprint density at radius 2 is 1.92 bits per heavy atom. The van der Waals surface area contributed by atoms with Gasteiger partial charge in [0, 0.05) is 6.42 Å². The molecule has 0 saturated carbocycles. The summed E-state index contributed by atoms with van der Waals surface area (Å²) in [5.41, 5.74) is 0.272. The third kappa shape index (κ3) is 9.32. The van der Waals surface area contributed by atoms with Crippen molar-refractivity contribution in [1.29, 1.82) is 0 Å². The minimum Gasteiger partial charge on any atom is -0.295 e. The second-order valence-corrected chi connectivity index (χ2v) is 4.72. The van der Waals surface area contributed by atoms with Crippen LogP contribution in [0.1, 0.15) is 53.4 Å². The molecule has 0 rings (SSSR count). The van der Waals surface area contributed by atoms with Gasteiger partial charge in [0.25, 0.3) is 0 Å². The van der Waals surface area contributed by atoms with Gasteiger partial charge < -0.3 is 0 Å². The Bertz CT molecular complexity index is 172. The van der Waals surface area contributed by atoms with Crippen molar-refractivity contribution in [3.05, 3.63) is 12.2 Å². The normalized spacial score (nSPS) is 12.3. The summed E-state index contributed by atoms with van der Waals surface area (Å²) in [6.45, 7) is 8.60. The molecule has 0 aliphatic carbocycles. The molecule has 0 atom stereocenters. The van der Waals surface area contributed by atoms with Gasteiger partial charge in [-0.1, -0.05) is 40.2 Å². The van der Waals surface area contributed by atoms with Gasteiger partial charge in [-0.05, 0) is 24.3 Å². The van der Waals surface area contributed by atoms with Crippen molar-refractivity contribution in [1.82, 2.24) is 0 Å². The number of hydrogen-bond donors (Lipinski definition) is 0. The molecule has 0 aliphatic rings. The quantitative estimate of drug-likeness (QED) is 0.592. The number of carbonyl (C=O) groups excluding carboxylic acids is 1. The number of allylic oxidation sites excluding steroid dienone is 2. The summed E-state index contributed by atoms with van der Waals surface area (Å²) in [5, 5.41) is 0. The Balaban J connectivity index is 3.64. The van der Waals surface area contributed by atoms with Gasteiger partial charge in [-0.2, -0.15) is 0 Å². The molecule has 0 heterocycles. The van der Waals surface area contributed by atoms with Gasteiger partial charge in [0.1, 0.15) is 0 Å². The molecule has 1 heteroatoms. The molecule has 0 radical (unpaired) electrons. The summed E-state index contributed by atoms with van der Waals surface area (Å²) >= 11 is 0. The zero-order valence-corrected chi connectivity index (χ0v) is 9.39.